The second-order valence-electron chi connectivity index (χ2n) is 11.1. The van der Waals surface area contributed by atoms with Gasteiger partial charge in [0.1, 0.15) is 0 Å². The summed E-state index contributed by atoms with van der Waals surface area (Å²) in [6.45, 7) is 4.87. The summed E-state index contributed by atoms with van der Waals surface area (Å²) in [6, 6.07) is 5.44. The molecule has 1 N–H and O–H groups in total. The molecule has 170 valence electrons. The van der Waals surface area contributed by atoms with Gasteiger partial charge in [0.15, 0.2) is 0 Å². The minimum absolute atomic E-state index is 0.0904. The summed E-state index contributed by atoms with van der Waals surface area (Å²) in [4.78, 5) is 13.3. The standard InChI is InChI=1S/C25H36N2O3S/c1-17-3-4-23(9-18(17)2)31(29,30)27-7-5-22(6-8-27)26-24(28)16-25-13-19-10-20(14-25)12-21(11-19)15-25/h3-4,9,19-22H,5-8,10-16H2,1-2H3,(H,26,28). The summed E-state index contributed by atoms with van der Waals surface area (Å²) in [7, 11) is -3.47. The van der Waals surface area contributed by atoms with Crippen molar-refractivity contribution in [1.29, 1.82) is 0 Å². The van der Waals surface area contributed by atoms with Crippen LogP contribution in [0.4, 0.5) is 0 Å². The molecule has 0 aromatic heterocycles. The van der Waals surface area contributed by atoms with Gasteiger partial charge in [-0.15, -0.1) is 0 Å². The smallest absolute Gasteiger partial charge is 0.243 e. The molecule has 5 fully saturated rings. The molecule has 4 bridgehead atoms. The lowest BCUT2D eigenvalue weighted by atomic mass is 9.49. The number of sulfonamides is 1. The number of hydrogen-bond acceptors (Lipinski definition) is 3. The van der Waals surface area contributed by atoms with Crippen molar-refractivity contribution in [3.63, 3.8) is 0 Å². The van der Waals surface area contributed by atoms with Crippen LogP contribution in [0.5, 0.6) is 0 Å². The highest BCUT2D eigenvalue weighted by molar-refractivity contribution is 7.89. The van der Waals surface area contributed by atoms with E-state index in [-0.39, 0.29) is 17.4 Å². The zero-order chi connectivity index (χ0) is 21.8. The third kappa shape index (κ3) is 4.18. The number of aryl methyl sites for hydroxylation is 2. The van der Waals surface area contributed by atoms with Crippen molar-refractivity contribution in [2.75, 3.05) is 13.1 Å². The monoisotopic (exact) mass is 444 g/mol. The Kier molecular flexibility index (Phi) is 5.45. The predicted molar refractivity (Wildman–Crippen MR) is 121 cm³/mol. The first kappa shape index (κ1) is 21.4. The van der Waals surface area contributed by atoms with Crippen LogP contribution in [0.2, 0.25) is 0 Å². The van der Waals surface area contributed by atoms with Crippen LogP contribution in [0, 0.1) is 37.0 Å². The first-order chi connectivity index (χ1) is 14.7. The fourth-order valence-electron chi connectivity index (χ4n) is 7.39. The first-order valence-electron chi connectivity index (χ1n) is 12.1. The van der Waals surface area contributed by atoms with E-state index >= 15 is 0 Å². The molecular weight excluding hydrogens is 408 g/mol. The molecular formula is C25H36N2O3S. The molecule has 4 aliphatic carbocycles. The number of rotatable bonds is 5. The number of nitrogens with zero attached hydrogens (tertiary/aromatic N) is 1. The number of carbonyl (C=O) groups is 1. The Balaban J connectivity index is 1.16. The van der Waals surface area contributed by atoms with E-state index in [1.165, 1.54) is 38.5 Å². The zero-order valence-electron chi connectivity index (χ0n) is 18.9. The van der Waals surface area contributed by atoms with Crippen molar-refractivity contribution >= 4 is 15.9 Å². The van der Waals surface area contributed by atoms with Crippen molar-refractivity contribution < 1.29 is 13.2 Å². The van der Waals surface area contributed by atoms with Crippen LogP contribution in [0.3, 0.4) is 0 Å². The van der Waals surface area contributed by atoms with E-state index in [9.17, 15) is 13.2 Å². The maximum atomic E-state index is 13.0. The van der Waals surface area contributed by atoms with Gasteiger partial charge in [0.2, 0.25) is 15.9 Å². The minimum Gasteiger partial charge on any atom is -0.353 e. The van der Waals surface area contributed by atoms with Gasteiger partial charge in [0.25, 0.3) is 0 Å². The van der Waals surface area contributed by atoms with E-state index in [4.69, 9.17) is 0 Å². The molecule has 4 saturated carbocycles. The number of piperidine rings is 1. The number of hydrogen-bond donors (Lipinski definition) is 1. The van der Waals surface area contributed by atoms with Gasteiger partial charge < -0.3 is 5.32 Å². The lowest BCUT2D eigenvalue weighted by molar-refractivity contribution is -0.130. The van der Waals surface area contributed by atoms with Crippen LogP contribution in [0.1, 0.15) is 68.9 Å². The van der Waals surface area contributed by atoms with E-state index in [2.05, 4.69) is 5.32 Å². The molecule has 6 rings (SSSR count). The third-order valence-electron chi connectivity index (χ3n) is 8.64. The van der Waals surface area contributed by atoms with Gasteiger partial charge in [-0.3, -0.25) is 4.79 Å². The van der Waals surface area contributed by atoms with E-state index in [1.807, 2.05) is 19.9 Å². The van der Waals surface area contributed by atoms with Gasteiger partial charge in [-0.1, -0.05) is 6.07 Å². The average Bonchev–Trinajstić information content (AvgIpc) is 2.69. The second-order valence-corrected chi connectivity index (χ2v) is 13.0. The average molecular weight is 445 g/mol. The molecule has 1 amide bonds. The maximum absolute atomic E-state index is 13.0. The Hall–Kier alpha value is -1.40. The summed E-state index contributed by atoms with van der Waals surface area (Å²) < 4.78 is 27.7. The Morgan fingerprint density at radius 2 is 1.58 bits per heavy atom. The maximum Gasteiger partial charge on any atom is 0.243 e. The van der Waals surface area contributed by atoms with Gasteiger partial charge in [0.05, 0.1) is 4.90 Å². The third-order valence-corrected chi connectivity index (χ3v) is 10.5. The Bertz CT molecular complexity index is 928. The Morgan fingerprint density at radius 3 is 2.13 bits per heavy atom. The van der Waals surface area contributed by atoms with Gasteiger partial charge in [-0.25, -0.2) is 8.42 Å². The molecule has 0 unspecified atom stereocenters. The van der Waals surface area contributed by atoms with Crippen LogP contribution >= 0.6 is 0 Å². The number of carbonyl (C=O) groups excluding carboxylic acids is 1. The summed E-state index contributed by atoms with van der Waals surface area (Å²) >= 11 is 0. The fraction of sp³-hybridized carbons (Fsp3) is 0.720. The molecule has 0 radical (unpaired) electrons. The van der Waals surface area contributed by atoms with Crippen LogP contribution in [-0.4, -0.2) is 37.8 Å². The molecule has 0 atom stereocenters. The normalized spacial score (nSPS) is 33.5. The number of amides is 1. The predicted octanol–water partition coefficient (Wildman–Crippen LogP) is 4.18. The molecule has 0 spiro atoms. The van der Waals surface area contributed by atoms with E-state index in [0.29, 0.717) is 37.2 Å². The SMILES string of the molecule is Cc1ccc(S(=O)(=O)N2CCC(NC(=O)CC34CC5CC(CC(C5)C3)C4)CC2)cc1C. The molecule has 1 heterocycles. The number of benzene rings is 1. The van der Waals surface area contributed by atoms with E-state index < -0.39 is 10.0 Å². The van der Waals surface area contributed by atoms with Crippen molar-refractivity contribution in [3.8, 4) is 0 Å². The van der Waals surface area contributed by atoms with Crippen molar-refractivity contribution in [2.24, 2.45) is 23.2 Å². The Labute approximate surface area is 187 Å². The van der Waals surface area contributed by atoms with Crippen LogP contribution in [-0.2, 0) is 14.8 Å². The highest BCUT2D eigenvalue weighted by Crippen LogP contribution is 2.61. The highest BCUT2D eigenvalue weighted by Gasteiger charge is 2.51. The molecule has 1 aromatic carbocycles. The van der Waals surface area contributed by atoms with Crippen LogP contribution in [0.15, 0.2) is 23.1 Å². The molecule has 1 saturated heterocycles. The molecule has 5 nitrogen and oxygen atoms in total. The van der Waals surface area contributed by atoms with Gasteiger partial charge >= 0.3 is 0 Å². The topological polar surface area (TPSA) is 66.5 Å². The Morgan fingerprint density at radius 1 is 1.00 bits per heavy atom. The molecule has 5 aliphatic rings. The lowest BCUT2D eigenvalue weighted by Gasteiger charge is -2.56. The van der Waals surface area contributed by atoms with Crippen molar-refractivity contribution in [3.05, 3.63) is 29.3 Å². The molecule has 1 aliphatic heterocycles. The highest BCUT2D eigenvalue weighted by atomic mass is 32.2. The second kappa shape index (κ2) is 7.87. The first-order valence-corrected chi connectivity index (χ1v) is 13.5. The van der Waals surface area contributed by atoms with Gasteiger partial charge in [-0.05, 0) is 112 Å². The number of nitrogens with one attached hydrogen (secondary N) is 1. The molecule has 6 heteroatoms. The molecule has 1 aromatic rings. The quantitative estimate of drug-likeness (QED) is 0.741. The summed E-state index contributed by atoms with van der Waals surface area (Å²) in [6.07, 6.45) is 10.00. The zero-order valence-corrected chi connectivity index (χ0v) is 19.7. The van der Waals surface area contributed by atoms with Crippen molar-refractivity contribution in [1.82, 2.24) is 9.62 Å². The summed E-state index contributed by atoms with van der Waals surface area (Å²) in [5.41, 5.74) is 2.35. The van der Waals surface area contributed by atoms with Gasteiger partial charge in [0, 0.05) is 25.6 Å². The van der Waals surface area contributed by atoms with Crippen LogP contribution in [0.25, 0.3) is 0 Å². The summed E-state index contributed by atoms with van der Waals surface area (Å²) in [5, 5.41) is 3.26. The minimum atomic E-state index is -3.47. The molecule has 31 heavy (non-hydrogen) atoms. The van der Waals surface area contributed by atoms with Gasteiger partial charge in [-0.2, -0.15) is 4.31 Å². The summed E-state index contributed by atoms with van der Waals surface area (Å²) in [5.74, 6) is 2.77. The van der Waals surface area contributed by atoms with Crippen LogP contribution < -0.4 is 5.32 Å². The lowest BCUT2D eigenvalue weighted by Crippen LogP contribution is -2.50. The van der Waals surface area contributed by atoms with E-state index in [0.717, 1.165) is 28.9 Å². The van der Waals surface area contributed by atoms with E-state index in [1.54, 1.807) is 16.4 Å². The van der Waals surface area contributed by atoms with Crippen molar-refractivity contribution in [2.45, 2.75) is 82.6 Å². The largest absolute Gasteiger partial charge is 0.353 e. The fourth-order valence-corrected chi connectivity index (χ4v) is 8.95.